The number of fused-ring (bicyclic) bond motifs is 1. The molecule has 2 heterocycles. The van der Waals surface area contributed by atoms with E-state index >= 15 is 0 Å². The average Bonchev–Trinajstić information content (AvgIpc) is 3.36. The molecule has 1 saturated carbocycles. The lowest BCUT2D eigenvalue weighted by Gasteiger charge is -2.25. The lowest BCUT2D eigenvalue weighted by molar-refractivity contribution is -0.139. The van der Waals surface area contributed by atoms with Crippen molar-refractivity contribution in [2.45, 2.75) is 32.6 Å². The number of ether oxygens (including phenoxy) is 2. The number of methoxy groups -OCH3 is 1. The molecular formula is C27H27ClN2O6. The number of amides is 3. The summed E-state index contributed by atoms with van der Waals surface area (Å²) in [5.74, 6) is -1.33. The molecule has 0 spiro atoms. The third-order valence-electron chi connectivity index (χ3n) is 7.37. The fraction of sp³-hybridized carbons (Fsp3) is 0.407. The number of rotatable bonds is 5. The molecule has 3 aliphatic rings. The molecule has 0 bridgehead atoms. The van der Waals surface area contributed by atoms with E-state index in [0.717, 1.165) is 6.42 Å². The molecule has 2 aromatic rings. The van der Waals surface area contributed by atoms with E-state index in [0.29, 0.717) is 40.9 Å². The van der Waals surface area contributed by atoms with E-state index in [1.165, 1.54) is 23.0 Å². The van der Waals surface area contributed by atoms with E-state index in [-0.39, 0.29) is 48.3 Å². The Morgan fingerprint density at radius 1 is 1.03 bits per heavy atom. The topological polar surface area (TPSA) is 93.2 Å². The molecule has 0 radical (unpaired) electrons. The molecule has 188 valence electrons. The number of carbonyl (C=O) groups excluding carboxylic acids is 4. The molecule has 3 fully saturated rings. The van der Waals surface area contributed by atoms with Gasteiger partial charge in [0, 0.05) is 24.1 Å². The molecule has 36 heavy (non-hydrogen) atoms. The zero-order chi connectivity index (χ0) is 25.6. The summed E-state index contributed by atoms with van der Waals surface area (Å²) in [7, 11) is 1.50. The molecule has 3 amide bonds. The van der Waals surface area contributed by atoms with Crippen LogP contribution in [0.2, 0.25) is 5.02 Å². The van der Waals surface area contributed by atoms with E-state index in [1.807, 2.05) is 0 Å². The van der Waals surface area contributed by atoms with Crippen molar-refractivity contribution < 1.29 is 28.7 Å². The fourth-order valence-corrected chi connectivity index (χ4v) is 5.67. The summed E-state index contributed by atoms with van der Waals surface area (Å²) >= 11 is 6.11. The summed E-state index contributed by atoms with van der Waals surface area (Å²) in [4.78, 5) is 54.4. The largest absolute Gasteiger partial charge is 0.495 e. The van der Waals surface area contributed by atoms with Gasteiger partial charge >= 0.3 is 5.97 Å². The lowest BCUT2D eigenvalue weighted by Crippen LogP contribution is -2.31. The number of imide groups is 1. The van der Waals surface area contributed by atoms with Crippen LogP contribution in [0.1, 0.15) is 32.6 Å². The van der Waals surface area contributed by atoms with Crippen molar-refractivity contribution in [1.29, 1.82) is 0 Å². The number of nitrogens with zero attached hydrogens (tertiary/aromatic N) is 2. The summed E-state index contributed by atoms with van der Waals surface area (Å²) in [5, 5.41) is 0.446. The lowest BCUT2D eigenvalue weighted by atomic mass is 9.76. The van der Waals surface area contributed by atoms with E-state index in [9.17, 15) is 19.2 Å². The van der Waals surface area contributed by atoms with E-state index < -0.39 is 11.9 Å². The van der Waals surface area contributed by atoms with Crippen LogP contribution in [0.15, 0.2) is 42.5 Å². The molecule has 8 nitrogen and oxygen atoms in total. The molecule has 2 saturated heterocycles. The quantitative estimate of drug-likeness (QED) is 0.339. The summed E-state index contributed by atoms with van der Waals surface area (Å²) in [6.45, 7) is 2.23. The summed E-state index contributed by atoms with van der Waals surface area (Å²) in [5.41, 5.74) is 0.888. The second-order valence-electron chi connectivity index (χ2n) is 9.78. The number of anilines is 2. The van der Waals surface area contributed by atoms with Gasteiger partial charge < -0.3 is 14.4 Å². The van der Waals surface area contributed by atoms with Crippen LogP contribution >= 0.6 is 11.6 Å². The zero-order valence-electron chi connectivity index (χ0n) is 20.1. The Balaban J connectivity index is 1.30. The molecule has 0 N–H and O–H groups in total. The number of hydrogen-bond acceptors (Lipinski definition) is 6. The van der Waals surface area contributed by atoms with Crippen molar-refractivity contribution in [2.24, 2.45) is 23.7 Å². The average molecular weight is 511 g/mol. The SMILES string of the molecule is COc1ccc(Cl)cc1N1C[C@H](C(=O)Oc2cccc(N3C(=O)[C@H]4C[C@@H](C)CC[C@H]4C3=O)c2)CC1=O. The molecule has 0 aromatic heterocycles. The summed E-state index contributed by atoms with van der Waals surface area (Å²) < 4.78 is 10.9. The predicted octanol–water partition coefficient (Wildman–Crippen LogP) is 4.23. The van der Waals surface area contributed by atoms with Gasteiger partial charge in [-0.1, -0.05) is 24.6 Å². The summed E-state index contributed by atoms with van der Waals surface area (Å²) in [6.07, 6.45) is 2.35. The molecule has 0 unspecified atom stereocenters. The van der Waals surface area contributed by atoms with Crippen LogP contribution in [0, 0.1) is 23.7 Å². The van der Waals surface area contributed by atoms with Gasteiger partial charge in [0.25, 0.3) is 0 Å². The van der Waals surface area contributed by atoms with Crippen LogP contribution in [0.5, 0.6) is 11.5 Å². The fourth-order valence-electron chi connectivity index (χ4n) is 5.50. The second kappa shape index (κ2) is 9.58. The minimum absolute atomic E-state index is 0.0150. The van der Waals surface area contributed by atoms with Crippen molar-refractivity contribution in [2.75, 3.05) is 23.5 Å². The molecular weight excluding hydrogens is 484 g/mol. The van der Waals surface area contributed by atoms with Gasteiger partial charge in [-0.3, -0.25) is 19.2 Å². The standard InChI is InChI=1S/C27H27ClN2O6/c1-15-6-8-20-21(10-15)26(33)30(25(20)32)18-4-3-5-19(13-18)36-27(34)16-11-24(31)29(14-16)22-12-17(28)7-9-23(22)35-2/h3-5,7,9,12-13,15-16,20-21H,6,8,10-11,14H2,1-2H3/t15-,16+,20+,21-/m0/s1. The maximum absolute atomic E-state index is 13.1. The Morgan fingerprint density at radius 2 is 1.81 bits per heavy atom. The van der Waals surface area contributed by atoms with Gasteiger partial charge in [-0.15, -0.1) is 0 Å². The first-order valence-electron chi connectivity index (χ1n) is 12.1. The van der Waals surface area contributed by atoms with Crippen LogP contribution < -0.4 is 19.3 Å². The van der Waals surface area contributed by atoms with Crippen molar-refractivity contribution in [1.82, 2.24) is 0 Å². The minimum atomic E-state index is -0.691. The van der Waals surface area contributed by atoms with Crippen LogP contribution in [-0.2, 0) is 19.2 Å². The molecule has 5 rings (SSSR count). The summed E-state index contributed by atoms with van der Waals surface area (Å²) in [6, 6.07) is 11.4. The van der Waals surface area contributed by atoms with Crippen LogP contribution in [0.25, 0.3) is 0 Å². The van der Waals surface area contributed by atoms with E-state index in [2.05, 4.69) is 6.92 Å². The smallest absolute Gasteiger partial charge is 0.316 e. The molecule has 2 aliphatic heterocycles. The highest BCUT2D eigenvalue weighted by molar-refractivity contribution is 6.31. The number of hydrogen-bond donors (Lipinski definition) is 0. The molecule has 9 heteroatoms. The minimum Gasteiger partial charge on any atom is -0.495 e. The third kappa shape index (κ3) is 4.34. The molecule has 1 aliphatic carbocycles. The molecule has 4 atom stereocenters. The van der Waals surface area contributed by atoms with Gasteiger partial charge in [-0.05, 0) is 55.5 Å². The van der Waals surface area contributed by atoms with Crippen LogP contribution in [0.4, 0.5) is 11.4 Å². The monoisotopic (exact) mass is 510 g/mol. The van der Waals surface area contributed by atoms with Gasteiger partial charge in [0.15, 0.2) is 0 Å². The number of benzene rings is 2. The third-order valence-corrected chi connectivity index (χ3v) is 7.61. The Kier molecular flexibility index (Phi) is 6.47. The van der Waals surface area contributed by atoms with Crippen LogP contribution in [0.3, 0.4) is 0 Å². The van der Waals surface area contributed by atoms with Crippen molar-refractivity contribution in [3.05, 3.63) is 47.5 Å². The molecule has 2 aromatic carbocycles. The van der Waals surface area contributed by atoms with E-state index in [4.69, 9.17) is 21.1 Å². The number of carbonyl (C=O) groups is 4. The first kappa shape index (κ1) is 24.3. The van der Waals surface area contributed by atoms with Gasteiger partial charge in [-0.2, -0.15) is 0 Å². The second-order valence-corrected chi connectivity index (χ2v) is 10.2. The zero-order valence-corrected chi connectivity index (χ0v) is 20.9. The number of halogens is 1. The maximum Gasteiger partial charge on any atom is 0.316 e. The Morgan fingerprint density at radius 3 is 2.58 bits per heavy atom. The maximum atomic E-state index is 13.1. The van der Waals surface area contributed by atoms with Crippen LogP contribution in [-0.4, -0.2) is 37.3 Å². The first-order valence-corrected chi connectivity index (χ1v) is 12.5. The predicted molar refractivity (Wildman–Crippen MR) is 133 cm³/mol. The Labute approximate surface area is 214 Å². The number of esters is 1. The Hall–Kier alpha value is -3.39. The Bertz CT molecular complexity index is 1250. The van der Waals surface area contributed by atoms with Gasteiger partial charge in [0.05, 0.1) is 36.2 Å². The highest BCUT2D eigenvalue weighted by atomic mass is 35.5. The van der Waals surface area contributed by atoms with Gasteiger partial charge in [-0.25, -0.2) is 4.90 Å². The normalized spacial score (nSPS) is 25.8. The van der Waals surface area contributed by atoms with Gasteiger partial charge in [0.2, 0.25) is 17.7 Å². The first-order chi connectivity index (χ1) is 17.3. The van der Waals surface area contributed by atoms with Gasteiger partial charge in [0.1, 0.15) is 11.5 Å². The highest BCUT2D eigenvalue weighted by Gasteiger charge is 2.50. The van der Waals surface area contributed by atoms with Crippen molar-refractivity contribution in [3.63, 3.8) is 0 Å². The highest BCUT2D eigenvalue weighted by Crippen LogP contribution is 2.42. The van der Waals surface area contributed by atoms with Crippen molar-refractivity contribution >= 4 is 46.7 Å². The van der Waals surface area contributed by atoms with E-state index in [1.54, 1.807) is 36.4 Å². The van der Waals surface area contributed by atoms with Crippen molar-refractivity contribution in [3.8, 4) is 11.5 Å².